The highest BCUT2D eigenvalue weighted by Crippen LogP contribution is 2.29. The Morgan fingerprint density at radius 1 is 0.950 bits per heavy atom. The van der Waals surface area contributed by atoms with Crippen molar-refractivity contribution in [2.75, 3.05) is 6.54 Å². The molecule has 0 heterocycles. The van der Waals surface area contributed by atoms with Crippen molar-refractivity contribution in [3.05, 3.63) is 35.4 Å². The van der Waals surface area contributed by atoms with Crippen molar-refractivity contribution in [1.82, 2.24) is 5.32 Å². The summed E-state index contributed by atoms with van der Waals surface area (Å²) in [6, 6.07) is 9.66. The average molecular weight is 275 g/mol. The zero-order chi connectivity index (χ0) is 15.4. The minimum Gasteiger partial charge on any atom is -0.310 e. The van der Waals surface area contributed by atoms with E-state index in [0.29, 0.717) is 11.5 Å². The van der Waals surface area contributed by atoms with Gasteiger partial charge in [0.15, 0.2) is 0 Å². The summed E-state index contributed by atoms with van der Waals surface area (Å²) in [5.74, 6) is 0. The second kappa shape index (κ2) is 6.76. The van der Waals surface area contributed by atoms with Crippen molar-refractivity contribution < 1.29 is 0 Å². The van der Waals surface area contributed by atoms with E-state index in [1.807, 2.05) is 0 Å². The van der Waals surface area contributed by atoms with Gasteiger partial charge in [0, 0.05) is 6.04 Å². The maximum atomic E-state index is 3.63. The third-order valence-corrected chi connectivity index (χ3v) is 3.81. The third-order valence-electron chi connectivity index (χ3n) is 3.81. The van der Waals surface area contributed by atoms with Gasteiger partial charge >= 0.3 is 0 Å². The fraction of sp³-hybridized carbons (Fsp3) is 0.684. The molecule has 1 aromatic carbocycles. The van der Waals surface area contributed by atoms with Crippen molar-refractivity contribution in [3.8, 4) is 0 Å². The predicted molar refractivity (Wildman–Crippen MR) is 90.2 cm³/mol. The summed E-state index contributed by atoms with van der Waals surface area (Å²) in [5.41, 5.74) is 3.47. The highest BCUT2D eigenvalue weighted by Gasteiger charge is 2.18. The van der Waals surface area contributed by atoms with Gasteiger partial charge in [-0.05, 0) is 41.3 Å². The fourth-order valence-corrected chi connectivity index (χ4v) is 2.43. The molecule has 0 aliphatic heterocycles. The lowest BCUT2D eigenvalue weighted by Gasteiger charge is -2.25. The Morgan fingerprint density at radius 3 is 1.90 bits per heavy atom. The molecule has 0 saturated carbocycles. The van der Waals surface area contributed by atoms with Gasteiger partial charge in [0.1, 0.15) is 0 Å². The number of benzene rings is 1. The van der Waals surface area contributed by atoms with Crippen molar-refractivity contribution in [2.24, 2.45) is 5.41 Å². The molecule has 1 N–H and O–H groups in total. The second-order valence-electron chi connectivity index (χ2n) is 8.08. The number of hydrogen-bond acceptors (Lipinski definition) is 1. The molecule has 20 heavy (non-hydrogen) atoms. The molecule has 0 radical (unpaired) electrons. The van der Waals surface area contributed by atoms with E-state index >= 15 is 0 Å². The fourth-order valence-electron chi connectivity index (χ4n) is 2.43. The lowest BCUT2D eigenvalue weighted by Crippen LogP contribution is -2.23. The minimum atomic E-state index is 0.234. The Morgan fingerprint density at radius 2 is 1.50 bits per heavy atom. The first-order valence-electron chi connectivity index (χ1n) is 7.97. The van der Waals surface area contributed by atoms with Crippen LogP contribution in [0, 0.1) is 5.41 Å². The molecule has 0 saturated heterocycles. The van der Waals surface area contributed by atoms with Gasteiger partial charge in [-0.2, -0.15) is 0 Å². The molecule has 1 unspecified atom stereocenters. The second-order valence-corrected chi connectivity index (χ2v) is 8.08. The molecule has 114 valence electrons. The van der Waals surface area contributed by atoms with Crippen LogP contribution in [0.3, 0.4) is 0 Å². The van der Waals surface area contributed by atoms with Crippen LogP contribution in [0.25, 0.3) is 0 Å². The molecule has 1 rings (SSSR count). The Labute approximate surface area is 126 Å². The monoisotopic (exact) mass is 275 g/mol. The van der Waals surface area contributed by atoms with E-state index in [1.165, 1.54) is 24.0 Å². The number of hydrogen-bond donors (Lipinski definition) is 1. The van der Waals surface area contributed by atoms with E-state index in [2.05, 4.69) is 78.0 Å². The smallest absolute Gasteiger partial charge is 0.0320 e. The van der Waals surface area contributed by atoms with Crippen LogP contribution in [0.5, 0.6) is 0 Å². The average Bonchev–Trinajstić information content (AvgIpc) is 2.32. The van der Waals surface area contributed by atoms with Gasteiger partial charge in [0.05, 0.1) is 0 Å². The topological polar surface area (TPSA) is 12.0 Å². The van der Waals surface area contributed by atoms with Crippen LogP contribution in [0.1, 0.15) is 78.5 Å². The van der Waals surface area contributed by atoms with Crippen LogP contribution in [-0.4, -0.2) is 6.54 Å². The van der Waals surface area contributed by atoms with E-state index in [9.17, 15) is 0 Å². The van der Waals surface area contributed by atoms with Crippen molar-refractivity contribution in [1.29, 1.82) is 0 Å². The molecule has 1 aromatic rings. The molecule has 0 aliphatic rings. The van der Waals surface area contributed by atoms with Crippen molar-refractivity contribution in [2.45, 2.75) is 72.8 Å². The summed E-state index contributed by atoms with van der Waals surface area (Å²) >= 11 is 0. The SMILES string of the molecule is CCNC(CCC(C)(C)C)c1ccc(C(C)(C)C)cc1. The summed E-state index contributed by atoms with van der Waals surface area (Å²) < 4.78 is 0. The minimum absolute atomic E-state index is 0.234. The molecule has 0 aliphatic carbocycles. The highest BCUT2D eigenvalue weighted by atomic mass is 14.9. The van der Waals surface area contributed by atoms with E-state index < -0.39 is 0 Å². The van der Waals surface area contributed by atoms with Crippen LogP contribution in [0.2, 0.25) is 0 Å². The Balaban J connectivity index is 2.81. The molecule has 0 bridgehead atoms. The first kappa shape index (κ1) is 17.2. The van der Waals surface area contributed by atoms with Crippen LogP contribution in [0.15, 0.2) is 24.3 Å². The zero-order valence-electron chi connectivity index (χ0n) is 14.5. The molecule has 1 nitrogen and oxygen atoms in total. The van der Waals surface area contributed by atoms with Crippen molar-refractivity contribution >= 4 is 0 Å². The Kier molecular flexibility index (Phi) is 5.82. The summed E-state index contributed by atoms with van der Waals surface area (Å²) in [7, 11) is 0. The summed E-state index contributed by atoms with van der Waals surface area (Å²) in [4.78, 5) is 0. The van der Waals surface area contributed by atoms with Gasteiger partial charge in [-0.1, -0.05) is 72.7 Å². The normalized spacial score (nSPS) is 14.3. The third kappa shape index (κ3) is 5.66. The maximum absolute atomic E-state index is 3.63. The lowest BCUT2D eigenvalue weighted by molar-refractivity contribution is 0.334. The Hall–Kier alpha value is -0.820. The van der Waals surface area contributed by atoms with E-state index in [4.69, 9.17) is 0 Å². The van der Waals surface area contributed by atoms with Crippen molar-refractivity contribution in [3.63, 3.8) is 0 Å². The summed E-state index contributed by atoms with van der Waals surface area (Å²) in [6.07, 6.45) is 2.44. The van der Waals surface area contributed by atoms with Gasteiger partial charge < -0.3 is 5.32 Å². The van der Waals surface area contributed by atoms with E-state index in [-0.39, 0.29) is 5.41 Å². The highest BCUT2D eigenvalue weighted by molar-refractivity contribution is 5.29. The molecular weight excluding hydrogens is 242 g/mol. The molecule has 0 amide bonds. The predicted octanol–water partition coefficient (Wildman–Crippen LogP) is 5.46. The quantitative estimate of drug-likeness (QED) is 0.752. The molecule has 0 fully saturated rings. The molecular formula is C19H33N. The first-order valence-corrected chi connectivity index (χ1v) is 7.97. The summed E-state index contributed by atoms with van der Waals surface area (Å²) in [6.45, 7) is 17.0. The van der Waals surface area contributed by atoms with Crippen LogP contribution < -0.4 is 5.32 Å². The number of nitrogens with one attached hydrogen (secondary N) is 1. The zero-order valence-corrected chi connectivity index (χ0v) is 14.5. The van der Waals surface area contributed by atoms with Gasteiger partial charge in [0.25, 0.3) is 0 Å². The van der Waals surface area contributed by atoms with Gasteiger partial charge in [-0.25, -0.2) is 0 Å². The van der Waals surface area contributed by atoms with Crippen LogP contribution >= 0.6 is 0 Å². The largest absolute Gasteiger partial charge is 0.310 e. The molecule has 1 heteroatoms. The van der Waals surface area contributed by atoms with Crippen LogP contribution in [-0.2, 0) is 5.41 Å². The van der Waals surface area contributed by atoms with Gasteiger partial charge in [-0.15, -0.1) is 0 Å². The first-order chi connectivity index (χ1) is 9.13. The van der Waals surface area contributed by atoms with Crippen LogP contribution in [0.4, 0.5) is 0 Å². The molecule has 1 atom stereocenters. The van der Waals surface area contributed by atoms with E-state index in [1.54, 1.807) is 0 Å². The number of rotatable bonds is 5. The van der Waals surface area contributed by atoms with E-state index in [0.717, 1.165) is 6.54 Å². The standard InChI is InChI=1S/C19H33N/c1-8-20-17(13-14-18(2,3)4)15-9-11-16(12-10-15)19(5,6)7/h9-12,17,20H,8,13-14H2,1-7H3. The lowest BCUT2D eigenvalue weighted by atomic mass is 9.84. The molecule has 0 aromatic heterocycles. The van der Waals surface area contributed by atoms with Gasteiger partial charge in [0.2, 0.25) is 0 Å². The Bertz CT molecular complexity index is 389. The summed E-state index contributed by atoms with van der Waals surface area (Å²) in [5, 5.41) is 3.63. The maximum Gasteiger partial charge on any atom is 0.0320 e. The molecule has 0 spiro atoms. The van der Waals surface area contributed by atoms with Gasteiger partial charge in [-0.3, -0.25) is 0 Å².